The molecule has 104 valence electrons. The highest BCUT2D eigenvalue weighted by Gasteiger charge is 1.90. The largest absolute Gasteiger partial charge is 0.481 e. The maximum Gasteiger partial charge on any atom is 0.304 e. The Morgan fingerprint density at radius 3 is 1.70 bits per heavy atom. The van der Waals surface area contributed by atoms with Crippen LogP contribution in [-0.2, 0) is 4.79 Å². The van der Waals surface area contributed by atoms with Gasteiger partial charge in [0.05, 0.1) is 25.7 Å². The molecule has 0 atom stereocenters. The molecule has 0 saturated heterocycles. The van der Waals surface area contributed by atoms with Crippen molar-refractivity contribution in [3.63, 3.8) is 0 Å². The van der Waals surface area contributed by atoms with Gasteiger partial charge in [-0.25, -0.2) is 0 Å². The molecule has 2 heteroatoms. The predicted octanol–water partition coefficient (Wildman–Crippen LogP) is 3.23. The molecule has 0 aliphatic heterocycles. The Kier molecular flexibility index (Phi) is 13.1. The third-order valence-electron chi connectivity index (χ3n) is 2.15. The van der Waals surface area contributed by atoms with E-state index in [1.165, 1.54) is 6.42 Å². The normalized spacial score (nSPS) is 7.65. The van der Waals surface area contributed by atoms with Crippen molar-refractivity contribution >= 4 is 5.97 Å². The van der Waals surface area contributed by atoms with Gasteiger partial charge < -0.3 is 5.11 Å². The van der Waals surface area contributed by atoms with Crippen LogP contribution in [0.15, 0.2) is 0 Å². The molecule has 0 amide bonds. The molecule has 0 aromatic carbocycles. The highest BCUT2D eigenvalue weighted by Crippen LogP contribution is 1.90. The minimum absolute atomic E-state index is 0.0885. The Morgan fingerprint density at radius 1 is 0.800 bits per heavy atom. The van der Waals surface area contributed by atoms with E-state index in [0.29, 0.717) is 25.7 Å². The van der Waals surface area contributed by atoms with Crippen LogP contribution in [0.5, 0.6) is 0 Å². The highest BCUT2D eigenvalue weighted by atomic mass is 16.4. The molecule has 0 rings (SSSR count). The molecule has 0 fully saturated rings. The summed E-state index contributed by atoms with van der Waals surface area (Å²) in [6.45, 7) is 2.15. The lowest BCUT2D eigenvalue weighted by molar-refractivity contribution is -0.136. The standard InChI is InChI=1S/C18H20O2/c1-2-3-4-5-6-7-8-9-10-11-12-13-14-15-16-17-18(19)20/h2-4,7,10,13,16-17H2,1H3,(H,19,20). The molecule has 0 bridgehead atoms. The summed E-state index contributed by atoms with van der Waals surface area (Å²) < 4.78 is 0. The van der Waals surface area contributed by atoms with Crippen LogP contribution in [0.4, 0.5) is 0 Å². The van der Waals surface area contributed by atoms with Crippen LogP contribution in [0.2, 0.25) is 0 Å². The number of carboxylic acid groups (broad SMARTS) is 1. The summed E-state index contributed by atoms with van der Waals surface area (Å²) in [6.07, 6.45) is 5.37. The zero-order valence-electron chi connectivity index (χ0n) is 12.0. The minimum Gasteiger partial charge on any atom is -0.481 e. The fourth-order valence-electron chi connectivity index (χ4n) is 1.12. The number of aliphatic carboxylic acids is 1. The summed E-state index contributed by atoms with van der Waals surface area (Å²) in [4.78, 5) is 10.2. The molecular weight excluding hydrogens is 248 g/mol. The number of carbonyl (C=O) groups is 1. The zero-order valence-corrected chi connectivity index (χ0v) is 12.0. The Balaban J connectivity index is 3.62. The van der Waals surface area contributed by atoms with E-state index in [1.54, 1.807) is 0 Å². The summed E-state index contributed by atoms with van der Waals surface area (Å²) in [7, 11) is 0. The molecule has 0 aromatic heterocycles. The van der Waals surface area contributed by atoms with E-state index in [4.69, 9.17) is 5.11 Å². The first-order valence-corrected chi connectivity index (χ1v) is 6.82. The van der Waals surface area contributed by atoms with Gasteiger partial charge in [-0.1, -0.05) is 48.9 Å². The Hall–Kier alpha value is -2.29. The number of hydrogen-bond donors (Lipinski definition) is 1. The average Bonchev–Trinajstić information content (AvgIpc) is 2.43. The molecule has 2 nitrogen and oxygen atoms in total. The van der Waals surface area contributed by atoms with Gasteiger partial charge in [-0.3, -0.25) is 4.79 Å². The predicted molar refractivity (Wildman–Crippen MR) is 81.3 cm³/mol. The van der Waals surface area contributed by atoms with Gasteiger partial charge in [0, 0.05) is 12.8 Å². The third-order valence-corrected chi connectivity index (χ3v) is 2.15. The topological polar surface area (TPSA) is 37.3 Å². The smallest absolute Gasteiger partial charge is 0.304 e. The second-order valence-corrected chi connectivity index (χ2v) is 3.94. The fourth-order valence-corrected chi connectivity index (χ4v) is 1.12. The van der Waals surface area contributed by atoms with Gasteiger partial charge in [-0.05, 0) is 6.42 Å². The molecule has 0 unspecified atom stereocenters. The van der Waals surface area contributed by atoms with E-state index in [1.807, 2.05) is 0 Å². The fraction of sp³-hybridized carbons (Fsp3) is 0.500. The lowest BCUT2D eigenvalue weighted by Gasteiger charge is -1.82. The lowest BCUT2D eigenvalue weighted by atomic mass is 10.2. The molecule has 0 heterocycles. The molecule has 0 saturated carbocycles. The van der Waals surface area contributed by atoms with Gasteiger partial charge in [0.25, 0.3) is 0 Å². The Morgan fingerprint density at radius 2 is 1.25 bits per heavy atom. The highest BCUT2D eigenvalue weighted by molar-refractivity contribution is 5.67. The third kappa shape index (κ3) is 15.7. The Bertz CT molecular complexity index is 513. The van der Waals surface area contributed by atoms with Gasteiger partial charge in [-0.2, -0.15) is 0 Å². The van der Waals surface area contributed by atoms with Crippen molar-refractivity contribution in [3.05, 3.63) is 0 Å². The van der Waals surface area contributed by atoms with Crippen LogP contribution in [0, 0.1) is 47.4 Å². The molecule has 20 heavy (non-hydrogen) atoms. The number of rotatable bonds is 4. The summed E-state index contributed by atoms with van der Waals surface area (Å²) in [5.41, 5.74) is 0. The van der Waals surface area contributed by atoms with Crippen molar-refractivity contribution in [2.24, 2.45) is 0 Å². The zero-order chi connectivity index (χ0) is 14.9. The van der Waals surface area contributed by atoms with Gasteiger partial charge >= 0.3 is 5.97 Å². The van der Waals surface area contributed by atoms with Crippen molar-refractivity contribution in [3.8, 4) is 47.4 Å². The van der Waals surface area contributed by atoms with Crippen molar-refractivity contribution in [1.82, 2.24) is 0 Å². The SMILES string of the molecule is CCCCC#CCC#CCC#CCC#CCCC(=O)O. The first-order chi connectivity index (χ1) is 9.77. The van der Waals surface area contributed by atoms with Crippen LogP contribution in [0.25, 0.3) is 0 Å². The lowest BCUT2D eigenvalue weighted by Crippen LogP contribution is -1.91. The average molecular weight is 268 g/mol. The van der Waals surface area contributed by atoms with Gasteiger partial charge in [-0.15, -0.1) is 11.8 Å². The van der Waals surface area contributed by atoms with E-state index >= 15 is 0 Å². The van der Waals surface area contributed by atoms with Crippen molar-refractivity contribution in [2.45, 2.75) is 58.3 Å². The number of hydrogen-bond acceptors (Lipinski definition) is 1. The summed E-state index contributed by atoms with van der Waals surface area (Å²) >= 11 is 0. The van der Waals surface area contributed by atoms with E-state index in [0.717, 1.165) is 12.8 Å². The van der Waals surface area contributed by atoms with Crippen LogP contribution in [0.3, 0.4) is 0 Å². The Labute approximate surface area is 122 Å². The van der Waals surface area contributed by atoms with Crippen LogP contribution >= 0.6 is 0 Å². The molecule has 1 N–H and O–H groups in total. The molecule has 0 aromatic rings. The summed E-state index contributed by atoms with van der Waals surface area (Å²) in [5.74, 6) is 22.5. The second-order valence-electron chi connectivity index (χ2n) is 3.94. The maximum absolute atomic E-state index is 10.2. The second kappa shape index (κ2) is 14.8. The molecule has 0 aliphatic carbocycles. The van der Waals surface area contributed by atoms with Crippen molar-refractivity contribution in [1.29, 1.82) is 0 Å². The van der Waals surface area contributed by atoms with Gasteiger partial charge in [0.1, 0.15) is 0 Å². The quantitative estimate of drug-likeness (QED) is 0.628. The minimum atomic E-state index is -0.821. The van der Waals surface area contributed by atoms with Crippen LogP contribution in [0.1, 0.15) is 58.3 Å². The first kappa shape index (κ1) is 17.7. The summed E-state index contributed by atoms with van der Waals surface area (Å²) in [6, 6.07) is 0. The molecule has 0 spiro atoms. The van der Waals surface area contributed by atoms with E-state index in [-0.39, 0.29) is 6.42 Å². The van der Waals surface area contributed by atoms with E-state index in [2.05, 4.69) is 54.3 Å². The number of carboxylic acids is 1. The molecule has 0 radical (unpaired) electrons. The van der Waals surface area contributed by atoms with Crippen LogP contribution in [-0.4, -0.2) is 11.1 Å². The monoisotopic (exact) mass is 268 g/mol. The van der Waals surface area contributed by atoms with Gasteiger partial charge in [0.2, 0.25) is 0 Å². The first-order valence-electron chi connectivity index (χ1n) is 6.82. The van der Waals surface area contributed by atoms with Crippen molar-refractivity contribution < 1.29 is 9.90 Å². The van der Waals surface area contributed by atoms with Crippen molar-refractivity contribution in [2.75, 3.05) is 0 Å². The van der Waals surface area contributed by atoms with Crippen LogP contribution < -0.4 is 0 Å². The van der Waals surface area contributed by atoms with Gasteiger partial charge in [0.15, 0.2) is 0 Å². The molecule has 0 aliphatic rings. The maximum atomic E-state index is 10.2. The summed E-state index contributed by atoms with van der Waals surface area (Å²) in [5, 5.41) is 8.40. The number of unbranched alkanes of at least 4 members (excludes halogenated alkanes) is 2. The van der Waals surface area contributed by atoms with E-state index < -0.39 is 5.97 Å². The van der Waals surface area contributed by atoms with E-state index in [9.17, 15) is 4.79 Å². The molecular formula is C18H20O2.